The van der Waals surface area contributed by atoms with Crippen LogP contribution in [0, 0.1) is 0 Å². The number of nitrogens with one attached hydrogen (secondary N) is 1. The number of nitrogens with zero attached hydrogens (tertiary/aromatic N) is 3. The van der Waals surface area contributed by atoms with Gasteiger partial charge in [0.2, 0.25) is 5.91 Å². The predicted molar refractivity (Wildman–Crippen MR) is 106 cm³/mol. The van der Waals surface area contributed by atoms with E-state index in [1.165, 1.54) is 11.8 Å². The molecular weight excluding hydrogens is 392 g/mol. The lowest BCUT2D eigenvalue weighted by molar-refractivity contribution is -0.115. The lowest BCUT2D eigenvalue weighted by atomic mass is 10.3. The monoisotopic (exact) mass is 408 g/mol. The first-order chi connectivity index (χ1) is 12.6. The summed E-state index contributed by atoms with van der Waals surface area (Å²) in [6.07, 6.45) is 0.335. The first kappa shape index (κ1) is 18.8. The first-order valence-corrected chi connectivity index (χ1v) is 10.0. The van der Waals surface area contributed by atoms with Crippen molar-refractivity contribution in [2.75, 3.05) is 18.2 Å². The Morgan fingerprint density at radius 2 is 2.23 bits per heavy atom. The van der Waals surface area contributed by atoms with E-state index in [0.717, 1.165) is 15.9 Å². The van der Waals surface area contributed by atoms with Gasteiger partial charge in [0.15, 0.2) is 11.0 Å². The van der Waals surface area contributed by atoms with E-state index in [0.29, 0.717) is 28.6 Å². The summed E-state index contributed by atoms with van der Waals surface area (Å²) in [6.45, 7) is 0. The van der Waals surface area contributed by atoms with Gasteiger partial charge in [0, 0.05) is 24.2 Å². The van der Waals surface area contributed by atoms with Crippen molar-refractivity contribution in [2.45, 2.75) is 11.6 Å². The molecule has 1 amide bonds. The SMILES string of the molecule is COc1ccc(Cl)cc1NC(=O)CCSc1nnc(-c2cccs2)n1C. The molecule has 1 N–H and O–H groups in total. The second kappa shape index (κ2) is 8.57. The zero-order valence-corrected chi connectivity index (χ0v) is 16.6. The highest BCUT2D eigenvalue weighted by Crippen LogP contribution is 2.28. The van der Waals surface area contributed by atoms with Crippen LogP contribution in [-0.4, -0.2) is 33.5 Å². The second-order valence-corrected chi connectivity index (χ2v) is 7.78. The molecule has 0 spiro atoms. The summed E-state index contributed by atoms with van der Waals surface area (Å²) < 4.78 is 7.17. The maximum absolute atomic E-state index is 12.2. The van der Waals surface area contributed by atoms with E-state index < -0.39 is 0 Å². The Balaban J connectivity index is 1.56. The number of hydrogen-bond donors (Lipinski definition) is 1. The normalized spacial score (nSPS) is 10.7. The minimum absolute atomic E-state index is 0.112. The Kier molecular flexibility index (Phi) is 6.18. The summed E-state index contributed by atoms with van der Waals surface area (Å²) in [6, 6.07) is 9.09. The molecule has 0 saturated carbocycles. The molecule has 3 rings (SSSR count). The van der Waals surface area contributed by atoms with E-state index in [9.17, 15) is 4.79 Å². The first-order valence-electron chi connectivity index (χ1n) is 7.78. The fraction of sp³-hybridized carbons (Fsp3) is 0.235. The van der Waals surface area contributed by atoms with Crippen LogP contribution in [-0.2, 0) is 11.8 Å². The molecule has 3 aromatic rings. The highest BCUT2D eigenvalue weighted by molar-refractivity contribution is 7.99. The third-order valence-electron chi connectivity index (χ3n) is 3.57. The minimum atomic E-state index is -0.112. The number of halogens is 1. The molecule has 0 aliphatic heterocycles. The molecule has 6 nitrogen and oxygen atoms in total. The summed E-state index contributed by atoms with van der Waals surface area (Å²) in [7, 11) is 3.47. The van der Waals surface area contributed by atoms with E-state index in [1.807, 2.05) is 29.1 Å². The number of aromatic nitrogens is 3. The van der Waals surface area contributed by atoms with Crippen molar-refractivity contribution < 1.29 is 9.53 Å². The van der Waals surface area contributed by atoms with Crippen LogP contribution in [0.15, 0.2) is 40.9 Å². The van der Waals surface area contributed by atoms with Gasteiger partial charge in [-0.15, -0.1) is 21.5 Å². The fourth-order valence-corrected chi connectivity index (χ4v) is 4.05. The van der Waals surface area contributed by atoms with Crippen LogP contribution in [0.5, 0.6) is 5.75 Å². The van der Waals surface area contributed by atoms with Gasteiger partial charge in [0.25, 0.3) is 0 Å². The smallest absolute Gasteiger partial charge is 0.225 e. The van der Waals surface area contributed by atoms with Crippen molar-refractivity contribution in [2.24, 2.45) is 7.05 Å². The molecule has 0 unspecified atom stereocenters. The van der Waals surface area contributed by atoms with Crippen molar-refractivity contribution in [1.29, 1.82) is 0 Å². The van der Waals surface area contributed by atoms with Gasteiger partial charge in [-0.25, -0.2) is 0 Å². The van der Waals surface area contributed by atoms with Crippen molar-refractivity contribution >= 4 is 46.3 Å². The third-order valence-corrected chi connectivity index (χ3v) is 5.70. The molecular formula is C17H17ClN4O2S2. The van der Waals surface area contributed by atoms with Gasteiger partial charge in [-0.2, -0.15) is 0 Å². The molecule has 0 atom stereocenters. The molecule has 136 valence electrons. The van der Waals surface area contributed by atoms with Crippen LogP contribution >= 0.6 is 34.7 Å². The van der Waals surface area contributed by atoms with Crippen molar-refractivity contribution in [3.63, 3.8) is 0 Å². The van der Waals surface area contributed by atoms with E-state index in [-0.39, 0.29) is 5.91 Å². The molecule has 26 heavy (non-hydrogen) atoms. The molecule has 0 bridgehead atoms. The Morgan fingerprint density at radius 3 is 2.96 bits per heavy atom. The number of carbonyl (C=O) groups is 1. The van der Waals surface area contributed by atoms with Crippen LogP contribution in [0.4, 0.5) is 5.69 Å². The Morgan fingerprint density at radius 1 is 1.38 bits per heavy atom. The summed E-state index contributed by atoms with van der Waals surface area (Å²) in [5.74, 6) is 1.88. The quantitative estimate of drug-likeness (QED) is 0.589. The largest absolute Gasteiger partial charge is 0.495 e. The molecule has 0 fully saturated rings. The van der Waals surface area contributed by atoms with Gasteiger partial charge in [0.05, 0.1) is 17.7 Å². The minimum Gasteiger partial charge on any atom is -0.495 e. The molecule has 0 radical (unpaired) electrons. The highest BCUT2D eigenvalue weighted by atomic mass is 35.5. The van der Waals surface area contributed by atoms with Gasteiger partial charge in [-0.1, -0.05) is 29.4 Å². The van der Waals surface area contributed by atoms with Crippen molar-refractivity contribution in [1.82, 2.24) is 14.8 Å². The third kappa shape index (κ3) is 4.38. The number of methoxy groups -OCH3 is 1. The second-order valence-electron chi connectivity index (χ2n) is 5.33. The number of rotatable bonds is 7. The van der Waals surface area contributed by atoms with Gasteiger partial charge in [0.1, 0.15) is 5.75 Å². The number of anilines is 1. The number of thiophene rings is 1. The fourth-order valence-electron chi connectivity index (χ4n) is 2.29. The van der Waals surface area contributed by atoms with Crippen LogP contribution in [0.25, 0.3) is 10.7 Å². The van der Waals surface area contributed by atoms with Gasteiger partial charge >= 0.3 is 0 Å². The highest BCUT2D eigenvalue weighted by Gasteiger charge is 2.13. The molecule has 9 heteroatoms. The van der Waals surface area contributed by atoms with Gasteiger partial charge in [-0.3, -0.25) is 4.79 Å². The molecule has 1 aromatic carbocycles. The van der Waals surface area contributed by atoms with Crippen LogP contribution in [0.3, 0.4) is 0 Å². The number of carbonyl (C=O) groups excluding carboxylic acids is 1. The Hall–Kier alpha value is -2.03. The summed E-state index contributed by atoms with van der Waals surface area (Å²) >= 11 is 9.09. The van der Waals surface area contributed by atoms with Crippen molar-refractivity contribution in [3.8, 4) is 16.5 Å². The standard InChI is InChI=1S/C17H17ClN4O2S2/c1-22-16(14-4-3-8-25-14)20-21-17(22)26-9-7-15(23)19-12-10-11(18)5-6-13(12)24-2/h3-6,8,10H,7,9H2,1-2H3,(H,19,23). The van der Waals surface area contributed by atoms with E-state index in [4.69, 9.17) is 16.3 Å². The molecule has 2 heterocycles. The summed E-state index contributed by atoms with van der Waals surface area (Å²) in [5, 5.41) is 14.6. The molecule has 2 aromatic heterocycles. The lowest BCUT2D eigenvalue weighted by Crippen LogP contribution is -2.13. The average Bonchev–Trinajstić information content (AvgIpc) is 3.25. The number of hydrogen-bond acceptors (Lipinski definition) is 6. The zero-order valence-electron chi connectivity index (χ0n) is 14.2. The number of benzene rings is 1. The van der Waals surface area contributed by atoms with Gasteiger partial charge < -0.3 is 14.6 Å². The zero-order chi connectivity index (χ0) is 18.5. The Labute approximate surface area is 164 Å². The van der Waals surface area contributed by atoms with Crippen molar-refractivity contribution in [3.05, 3.63) is 40.7 Å². The number of ether oxygens (including phenoxy) is 1. The molecule has 0 aliphatic carbocycles. The molecule has 0 saturated heterocycles. The van der Waals surface area contributed by atoms with Crippen LogP contribution in [0.1, 0.15) is 6.42 Å². The van der Waals surface area contributed by atoms with Gasteiger partial charge in [-0.05, 0) is 29.6 Å². The summed E-state index contributed by atoms with van der Waals surface area (Å²) in [4.78, 5) is 13.3. The maximum Gasteiger partial charge on any atom is 0.225 e. The van der Waals surface area contributed by atoms with Crippen LogP contribution in [0.2, 0.25) is 5.02 Å². The van der Waals surface area contributed by atoms with E-state index in [1.54, 1.807) is 36.6 Å². The Bertz CT molecular complexity index is 896. The number of thioether (sulfide) groups is 1. The molecule has 0 aliphatic rings. The topological polar surface area (TPSA) is 69.0 Å². The van der Waals surface area contributed by atoms with E-state index >= 15 is 0 Å². The predicted octanol–water partition coefficient (Wildman–Crippen LogP) is 4.33. The average molecular weight is 409 g/mol. The van der Waals surface area contributed by atoms with Crippen LogP contribution < -0.4 is 10.1 Å². The maximum atomic E-state index is 12.2. The number of amides is 1. The van der Waals surface area contributed by atoms with E-state index in [2.05, 4.69) is 15.5 Å². The summed E-state index contributed by atoms with van der Waals surface area (Å²) in [5.41, 5.74) is 0.564. The lowest BCUT2D eigenvalue weighted by Gasteiger charge is -2.10.